The van der Waals surface area contributed by atoms with Crippen molar-refractivity contribution in [3.05, 3.63) is 29.8 Å². The van der Waals surface area contributed by atoms with Crippen LogP contribution in [0.1, 0.15) is 25.3 Å². The molecule has 5 nitrogen and oxygen atoms in total. The van der Waals surface area contributed by atoms with Crippen molar-refractivity contribution in [1.82, 2.24) is 4.90 Å². The van der Waals surface area contributed by atoms with Gasteiger partial charge < -0.3 is 14.4 Å². The smallest absolute Gasteiger partial charge is 0.311 e. The molecule has 118 valence electrons. The molecule has 3 rings (SSSR count). The summed E-state index contributed by atoms with van der Waals surface area (Å²) in [5.41, 5.74) is 1.05. The summed E-state index contributed by atoms with van der Waals surface area (Å²) in [5.74, 6) is 0.901. The molecule has 5 heteroatoms. The molecule has 0 bridgehead atoms. The van der Waals surface area contributed by atoms with Gasteiger partial charge in [0.2, 0.25) is 5.91 Å². The van der Waals surface area contributed by atoms with Crippen LogP contribution in [-0.2, 0) is 20.9 Å². The lowest BCUT2D eigenvalue weighted by atomic mass is 10.1. The molecule has 22 heavy (non-hydrogen) atoms. The first kappa shape index (κ1) is 14.9. The minimum atomic E-state index is -0.160. The molecule has 1 aromatic rings. The molecular formula is C17H21NO4. The Kier molecular flexibility index (Phi) is 4.05. The Morgan fingerprint density at radius 3 is 2.68 bits per heavy atom. The number of hydrogen-bond donors (Lipinski definition) is 0. The molecule has 1 saturated carbocycles. The van der Waals surface area contributed by atoms with Gasteiger partial charge >= 0.3 is 5.97 Å². The van der Waals surface area contributed by atoms with E-state index in [2.05, 4.69) is 0 Å². The predicted octanol–water partition coefficient (Wildman–Crippen LogP) is 2.00. The van der Waals surface area contributed by atoms with Crippen molar-refractivity contribution < 1.29 is 19.1 Å². The van der Waals surface area contributed by atoms with Crippen LogP contribution in [0.25, 0.3) is 0 Å². The van der Waals surface area contributed by atoms with Gasteiger partial charge in [0, 0.05) is 19.0 Å². The molecule has 3 atom stereocenters. The molecular weight excluding hydrogens is 282 g/mol. The molecule has 0 spiro atoms. The number of benzene rings is 1. The largest absolute Gasteiger partial charge is 0.497 e. The van der Waals surface area contributed by atoms with Gasteiger partial charge in [0.1, 0.15) is 5.75 Å². The van der Waals surface area contributed by atoms with E-state index in [1.54, 1.807) is 7.11 Å². The summed E-state index contributed by atoms with van der Waals surface area (Å²) in [6.07, 6.45) is 1.32. The molecule has 2 aliphatic rings. The number of amides is 1. The van der Waals surface area contributed by atoms with E-state index in [9.17, 15) is 9.59 Å². The van der Waals surface area contributed by atoms with E-state index < -0.39 is 0 Å². The summed E-state index contributed by atoms with van der Waals surface area (Å²) >= 11 is 0. The second kappa shape index (κ2) is 5.99. The van der Waals surface area contributed by atoms with Gasteiger partial charge in [-0.3, -0.25) is 9.59 Å². The summed E-state index contributed by atoms with van der Waals surface area (Å²) in [6, 6.07) is 7.70. The average molecular weight is 303 g/mol. The van der Waals surface area contributed by atoms with Gasteiger partial charge in [-0.15, -0.1) is 0 Å². The van der Waals surface area contributed by atoms with Gasteiger partial charge in [-0.25, -0.2) is 0 Å². The zero-order chi connectivity index (χ0) is 15.7. The Balaban J connectivity index is 1.71. The maximum Gasteiger partial charge on any atom is 0.311 e. The third-order valence-electron chi connectivity index (χ3n) is 4.57. The zero-order valence-corrected chi connectivity index (χ0v) is 13.0. The molecule has 1 aromatic carbocycles. The number of ether oxygens (including phenoxy) is 2. The summed E-state index contributed by atoms with van der Waals surface area (Å²) < 4.78 is 10.3. The molecule has 0 N–H and O–H groups in total. The normalized spacial score (nSPS) is 26.4. The van der Waals surface area contributed by atoms with Crippen molar-refractivity contribution in [3.63, 3.8) is 0 Å². The van der Waals surface area contributed by atoms with E-state index >= 15 is 0 Å². The zero-order valence-electron chi connectivity index (χ0n) is 13.0. The standard InChI is InChI=1S/C17H21NO4/c1-3-22-17(20)15-13-8-9-14(19)18(16(13)15)10-11-4-6-12(21-2)7-5-11/h4-7,13,15-16H,3,8-10H2,1-2H3/t13-,15-,16-/m1/s1. The lowest BCUT2D eigenvalue weighted by Gasteiger charge is -2.26. The lowest BCUT2D eigenvalue weighted by Crippen LogP contribution is -2.37. The average Bonchev–Trinajstić information content (AvgIpc) is 3.26. The van der Waals surface area contributed by atoms with Crippen molar-refractivity contribution in [2.45, 2.75) is 32.4 Å². The highest BCUT2D eigenvalue weighted by atomic mass is 16.5. The molecule has 0 unspecified atom stereocenters. The summed E-state index contributed by atoms with van der Waals surface area (Å²) in [4.78, 5) is 26.1. The van der Waals surface area contributed by atoms with E-state index in [0.717, 1.165) is 17.7 Å². The monoisotopic (exact) mass is 303 g/mol. The number of nitrogens with zero attached hydrogens (tertiary/aromatic N) is 1. The highest BCUT2D eigenvalue weighted by molar-refractivity contribution is 5.84. The van der Waals surface area contributed by atoms with E-state index in [0.29, 0.717) is 19.6 Å². The van der Waals surface area contributed by atoms with Crippen molar-refractivity contribution >= 4 is 11.9 Å². The Morgan fingerprint density at radius 1 is 1.32 bits per heavy atom. The fraction of sp³-hybridized carbons (Fsp3) is 0.529. The van der Waals surface area contributed by atoms with Crippen LogP contribution in [0.3, 0.4) is 0 Å². The number of likely N-dealkylation sites (tertiary alicyclic amines) is 1. The molecule has 1 aliphatic carbocycles. The third-order valence-corrected chi connectivity index (χ3v) is 4.57. The number of esters is 1. The number of carbonyl (C=O) groups excluding carboxylic acids is 2. The van der Waals surface area contributed by atoms with Crippen LogP contribution in [0.15, 0.2) is 24.3 Å². The van der Waals surface area contributed by atoms with Crippen LogP contribution in [0.2, 0.25) is 0 Å². The van der Waals surface area contributed by atoms with Crippen LogP contribution in [-0.4, -0.2) is 36.5 Å². The number of fused-ring (bicyclic) bond motifs is 1. The Hall–Kier alpha value is -2.04. The van der Waals surface area contributed by atoms with Crippen LogP contribution < -0.4 is 4.74 Å². The lowest BCUT2D eigenvalue weighted by molar-refractivity contribution is -0.145. The summed E-state index contributed by atoms with van der Waals surface area (Å²) in [7, 11) is 1.63. The van der Waals surface area contributed by atoms with Gasteiger partial charge in [-0.2, -0.15) is 0 Å². The SMILES string of the molecule is CCOC(=O)[C@@H]1[C@H]2CCC(=O)N(Cc3ccc(OC)cc3)[C@H]21. The fourth-order valence-electron chi connectivity index (χ4n) is 3.41. The maximum absolute atomic E-state index is 12.2. The maximum atomic E-state index is 12.2. The van der Waals surface area contributed by atoms with Crippen molar-refractivity contribution in [2.24, 2.45) is 11.8 Å². The van der Waals surface area contributed by atoms with Crippen molar-refractivity contribution in [3.8, 4) is 5.75 Å². The van der Waals surface area contributed by atoms with Crippen molar-refractivity contribution in [1.29, 1.82) is 0 Å². The van der Waals surface area contributed by atoms with Gasteiger partial charge in [-0.1, -0.05) is 12.1 Å². The topological polar surface area (TPSA) is 55.8 Å². The van der Waals surface area contributed by atoms with Crippen LogP contribution in [0.5, 0.6) is 5.75 Å². The second-order valence-corrected chi connectivity index (χ2v) is 5.84. The number of hydrogen-bond acceptors (Lipinski definition) is 4. The van der Waals surface area contributed by atoms with Crippen LogP contribution >= 0.6 is 0 Å². The minimum absolute atomic E-state index is 0.0161. The van der Waals surface area contributed by atoms with E-state index in [1.165, 1.54) is 0 Å². The first-order chi connectivity index (χ1) is 10.7. The van der Waals surface area contributed by atoms with Gasteiger partial charge in [-0.05, 0) is 37.0 Å². The predicted molar refractivity (Wildman–Crippen MR) is 80.2 cm³/mol. The van der Waals surface area contributed by atoms with Gasteiger partial charge in [0.25, 0.3) is 0 Å². The van der Waals surface area contributed by atoms with Crippen molar-refractivity contribution in [2.75, 3.05) is 13.7 Å². The molecule has 1 saturated heterocycles. The first-order valence-electron chi connectivity index (χ1n) is 7.74. The quantitative estimate of drug-likeness (QED) is 0.781. The number of methoxy groups -OCH3 is 1. The Morgan fingerprint density at radius 2 is 2.05 bits per heavy atom. The van der Waals surface area contributed by atoms with E-state index in [-0.39, 0.29) is 29.8 Å². The Bertz CT molecular complexity index is 569. The van der Waals surface area contributed by atoms with Crippen LogP contribution in [0, 0.1) is 11.8 Å². The summed E-state index contributed by atoms with van der Waals surface area (Å²) in [5, 5.41) is 0. The molecule has 1 heterocycles. The minimum Gasteiger partial charge on any atom is -0.497 e. The van der Waals surface area contributed by atoms with E-state index in [1.807, 2.05) is 36.1 Å². The molecule has 2 fully saturated rings. The fourth-order valence-corrected chi connectivity index (χ4v) is 3.41. The highest BCUT2D eigenvalue weighted by Gasteiger charge is 2.61. The number of carbonyl (C=O) groups is 2. The first-order valence-corrected chi connectivity index (χ1v) is 7.74. The van der Waals surface area contributed by atoms with Gasteiger partial charge in [0.15, 0.2) is 0 Å². The molecule has 0 aromatic heterocycles. The molecule has 0 radical (unpaired) electrons. The number of piperidine rings is 1. The second-order valence-electron chi connectivity index (χ2n) is 5.84. The number of rotatable bonds is 5. The molecule has 1 amide bonds. The summed E-state index contributed by atoms with van der Waals surface area (Å²) in [6.45, 7) is 2.74. The molecule has 1 aliphatic heterocycles. The highest BCUT2D eigenvalue weighted by Crippen LogP contribution is 2.50. The Labute approximate surface area is 130 Å². The third kappa shape index (κ3) is 2.67. The van der Waals surface area contributed by atoms with Gasteiger partial charge in [0.05, 0.1) is 19.6 Å². The van der Waals surface area contributed by atoms with E-state index in [4.69, 9.17) is 9.47 Å². The van der Waals surface area contributed by atoms with Crippen LogP contribution in [0.4, 0.5) is 0 Å².